The van der Waals surface area contributed by atoms with E-state index in [1.54, 1.807) is 0 Å². The van der Waals surface area contributed by atoms with Crippen molar-refractivity contribution in [3.05, 3.63) is 11.7 Å². The molecule has 0 atom stereocenters. The predicted molar refractivity (Wildman–Crippen MR) is 76.3 cm³/mol. The highest BCUT2D eigenvalue weighted by Gasteiger charge is 2.34. The molecule has 6 nitrogen and oxygen atoms in total. The number of aromatic nitrogens is 2. The molecule has 1 aromatic heterocycles. The first-order valence-electron chi connectivity index (χ1n) is 7.64. The summed E-state index contributed by atoms with van der Waals surface area (Å²) in [5.74, 6) is 1.38. The highest BCUT2D eigenvalue weighted by Crippen LogP contribution is 2.30. The van der Waals surface area contributed by atoms with Crippen molar-refractivity contribution >= 4 is 0 Å². The SMILES string of the molecule is CCOC(CC)(CC)c1noc(CN2CCNCC2)n1. The van der Waals surface area contributed by atoms with E-state index >= 15 is 0 Å². The Labute approximate surface area is 120 Å². The number of nitrogens with one attached hydrogen (secondary N) is 1. The van der Waals surface area contributed by atoms with E-state index in [9.17, 15) is 0 Å². The fraction of sp³-hybridized carbons (Fsp3) is 0.857. The van der Waals surface area contributed by atoms with E-state index < -0.39 is 5.60 Å². The average molecular weight is 282 g/mol. The van der Waals surface area contributed by atoms with Crippen molar-refractivity contribution in [2.75, 3.05) is 32.8 Å². The summed E-state index contributed by atoms with van der Waals surface area (Å²) in [4.78, 5) is 6.90. The summed E-state index contributed by atoms with van der Waals surface area (Å²) >= 11 is 0. The van der Waals surface area contributed by atoms with Crippen LogP contribution in [-0.4, -0.2) is 47.8 Å². The van der Waals surface area contributed by atoms with Gasteiger partial charge in [0.05, 0.1) is 6.54 Å². The minimum absolute atomic E-state index is 0.403. The predicted octanol–water partition coefficient (Wildman–Crippen LogP) is 1.53. The van der Waals surface area contributed by atoms with Crippen LogP contribution < -0.4 is 5.32 Å². The van der Waals surface area contributed by atoms with Gasteiger partial charge in [0.15, 0.2) is 0 Å². The van der Waals surface area contributed by atoms with Gasteiger partial charge in [0.25, 0.3) is 0 Å². The molecule has 2 heterocycles. The lowest BCUT2D eigenvalue weighted by Gasteiger charge is -2.27. The van der Waals surface area contributed by atoms with E-state index in [-0.39, 0.29) is 0 Å². The first-order chi connectivity index (χ1) is 9.74. The van der Waals surface area contributed by atoms with E-state index in [0.717, 1.165) is 45.6 Å². The maximum Gasteiger partial charge on any atom is 0.240 e. The van der Waals surface area contributed by atoms with Gasteiger partial charge >= 0.3 is 0 Å². The van der Waals surface area contributed by atoms with Crippen LogP contribution in [-0.2, 0) is 16.9 Å². The van der Waals surface area contributed by atoms with Gasteiger partial charge in [0, 0.05) is 32.8 Å². The monoisotopic (exact) mass is 282 g/mol. The van der Waals surface area contributed by atoms with Crippen molar-refractivity contribution in [3.63, 3.8) is 0 Å². The second-order valence-corrected chi connectivity index (χ2v) is 5.17. The van der Waals surface area contributed by atoms with Crippen molar-refractivity contribution in [1.29, 1.82) is 0 Å². The molecule has 2 rings (SSSR count). The second-order valence-electron chi connectivity index (χ2n) is 5.17. The smallest absolute Gasteiger partial charge is 0.240 e. The van der Waals surface area contributed by atoms with Gasteiger partial charge in [-0.25, -0.2) is 0 Å². The summed E-state index contributed by atoms with van der Waals surface area (Å²) in [7, 11) is 0. The molecular weight excluding hydrogens is 256 g/mol. The van der Waals surface area contributed by atoms with Crippen molar-refractivity contribution in [1.82, 2.24) is 20.4 Å². The van der Waals surface area contributed by atoms with Gasteiger partial charge < -0.3 is 14.6 Å². The Hall–Kier alpha value is -0.980. The molecule has 114 valence electrons. The molecule has 0 bridgehead atoms. The average Bonchev–Trinajstić information content (AvgIpc) is 2.95. The van der Waals surface area contributed by atoms with Crippen molar-refractivity contribution < 1.29 is 9.26 Å². The van der Waals surface area contributed by atoms with Gasteiger partial charge in [0.2, 0.25) is 11.7 Å². The second kappa shape index (κ2) is 7.15. The summed E-state index contributed by atoms with van der Waals surface area (Å²) in [6.45, 7) is 11.7. The fourth-order valence-corrected chi connectivity index (χ4v) is 2.68. The van der Waals surface area contributed by atoms with E-state index in [0.29, 0.717) is 18.3 Å². The van der Waals surface area contributed by atoms with Crippen LogP contribution in [0.1, 0.15) is 45.3 Å². The molecule has 0 spiro atoms. The first kappa shape index (κ1) is 15.4. The highest BCUT2D eigenvalue weighted by atomic mass is 16.5. The molecule has 1 fully saturated rings. The third kappa shape index (κ3) is 3.37. The lowest BCUT2D eigenvalue weighted by molar-refractivity contribution is -0.0583. The Morgan fingerprint density at radius 2 is 1.95 bits per heavy atom. The standard InChI is InChI=1S/C14H26N4O2/c1-4-14(5-2,19-6-3)13-16-12(20-17-13)11-18-9-7-15-8-10-18/h15H,4-11H2,1-3H3. The van der Waals surface area contributed by atoms with Crippen molar-refractivity contribution in [2.45, 2.75) is 45.8 Å². The topological polar surface area (TPSA) is 63.4 Å². The number of hydrogen-bond donors (Lipinski definition) is 1. The first-order valence-corrected chi connectivity index (χ1v) is 7.64. The van der Waals surface area contributed by atoms with Crippen LogP contribution in [0.25, 0.3) is 0 Å². The molecule has 1 N–H and O–H groups in total. The zero-order valence-corrected chi connectivity index (χ0v) is 12.8. The Morgan fingerprint density at radius 3 is 2.55 bits per heavy atom. The molecular formula is C14H26N4O2. The number of nitrogens with zero attached hydrogens (tertiary/aromatic N) is 3. The Balaban J connectivity index is 2.06. The van der Waals surface area contributed by atoms with E-state index in [1.165, 1.54) is 0 Å². The van der Waals surface area contributed by atoms with E-state index in [4.69, 9.17) is 9.26 Å². The molecule has 6 heteroatoms. The molecule has 1 aromatic rings. The number of rotatable bonds is 7. The maximum atomic E-state index is 5.91. The molecule has 20 heavy (non-hydrogen) atoms. The summed E-state index contributed by atoms with van der Waals surface area (Å²) in [6.07, 6.45) is 1.70. The molecule has 1 aliphatic heterocycles. The highest BCUT2D eigenvalue weighted by molar-refractivity contribution is 5.01. The fourth-order valence-electron chi connectivity index (χ4n) is 2.68. The van der Waals surface area contributed by atoms with Gasteiger partial charge in [-0.05, 0) is 19.8 Å². The molecule has 0 saturated carbocycles. The van der Waals surface area contributed by atoms with Crippen LogP contribution in [0.3, 0.4) is 0 Å². The molecule has 0 radical (unpaired) electrons. The summed E-state index contributed by atoms with van der Waals surface area (Å²) in [5, 5.41) is 7.50. The number of ether oxygens (including phenoxy) is 1. The van der Waals surface area contributed by atoms with Crippen molar-refractivity contribution in [2.24, 2.45) is 0 Å². The molecule has 0 amide bonds. The Morgan fingerprint density at radius 1 is 1.25 bits per heavy atom. The normalized spacial score (nSPS) is 17.6. The van der Waals surface area contributed by atoms with Gasteiger partial charge in [-0.1, -0.05) is 19.0 Å². The summed E-state index contributed by atoms with van der Waals surface area (Å²) < 4.78 is 11.3. The third-order valence-electron chi connectivity index (χ3n) is 4.01. The van der Waals surface area contributed by atoms with Crippen LogP contribution >= 0.6 is 0 Å². The van der Waals surface area contributed by atoms with E-state index in [1.807, 2.05) is 6.92 Å². The Bertz CT molecular complexity index is 398. The van der Waals surface area contributed by atoms with Crippen molar-refractivity contribution in [3.8, 4) is 0 Å². The van der Waals surface area contributed by atoms with Gasteiger partial charge in [0.1, 0.15) is 5.60 Å². The third-order valence-corrected chi connectivity index (χ3v) is 4.01. The molecule has 0 unspecified atom stereocenters. The molecule has 0 aliphatic carbocycles. The lowest BCUT2D eigenvalue weighted by Crippen LogP contribution is -2.43. The molecule has 0 aromatic carbocycles. The van der Waals surface area contributed by atoms with Crippen LogP contribution in [0.2, 0.25) is 0 Å². The van der Waals surface area contributed by atoms with Crippen LogP contribution in [0.5, 0.6) is 0 Å². The van der Waals surface area contributed by atoms with Crippen LogP contribution in [0.15, 0.2) is 4.52 Å². The molecule has 1 aliphatic rings. The van der Waals surface area contributed by atoms with Gasteiger partial charge in [-0.2, -0.15) is 4.98 Å². The van der Waals surface area contributed by atoms with Crippen LogP contribution in [0, 0.1) is 0 Å². The zero-order valence-electron chi connectivity index (χ0n) is 12.8. The zero-order chi connectivity index (χ0) is 14.4. The maximum absolute atomic E-state index is 5.91. The number of hydrogen-bond acceptors (Lipinski definition) is 6. The minimum Gasteiger partial charge on any atom is -0.367 e. The molecule has 1 saturated heterocycles. The Kier molecular flexibility index (Phi) is 5.51. The number of piperazine rings is 1. The lowest BCUT2D eigenvalue weighted by atomic mass is 9.96. The largest absolute Gasteiger partial charge is 0.367 e. The van der Waals surface area contributed by atoms with E-state index in [2.05, 4.69) is 34.2 Å². The van der Waals surface area contributed by atoms with Crippen LogP contribution in [0.4, 0.5) is 0 Å². The summed E-state index contributed by atoms with van der Waals surface area (Å²) in [6, 6.07) is 0. The van der Waals surface area contributed by atoms with Gasteiger partial charge in [-0.15, -0.1) is 0 Å². The minimum atomic E-state index is -0.403. The summed E-state index contributed by atoms with van der Waals surface area (Å²) in [5.41, 5.74) is -0.403. The van der Waals surface area contributed by atoms with Gasteiger partial charge in [-0.3, -0.25) is 4.90 Å². The quantitative estimate of drug-likeness (QED) is 0.818.